The monoisotopic (exact) mass is 259 g/mol. The SMILES string of the molecule is CC(C)CN1CC[C@@H]2[C@@H]1CCN2Cc1cccnc1. The lowest BCUT2D eigenvalue weighted by molar-refractivity contribution is 0.203. The average Bonchev–Trinajstić information content (AvgIpc) is 2.95. The molecule has 1 aromatic heterocycles. The minimum absolute atomic E-state index is 0.777. The van der Waals surface area contributed by atoms with Gasteiger partial charge in [0.15, 0.2) is 0 Å². The third kappa shape index (κ3) is 2.82. The van der Waals surface area contributed by atoms with E-state index in [-0.39, 0.29) is 0 Å². The fourth-order valence-electron chi connectivity index (χ4n) is 3.78. The molecule has 2 aliphatic rings. The quantitative estimate of drug-likeness (QED) is 0.827. The molecule has 1 aromatic rings. The minimum atomic E-state index is 0.777. The van der Waals surface area contributed by atoms with E-state index in [9.17, 15) is 0 Å². The average molecular weight is 259 g/mol. The number of fused-ring (bicyclic) bond motifs is 1. The molecule has 3 heteroatoms. The highest BCUT2D eigenvalue weighted by atomic mass is 15.3. The maximum Gasteiger partial charge on any atom is 0.0312 e. The molecule has 3 rings (SSSR count). The van der Waals surface area contributed by atoms with Crippen LogP contribution in [0.1, 0.15) is 32.3 Å². The first-order valence-corrected chi connectivity index (χ1v) is 7.61. The maximum atomic E-state index is 4.23. The summed E-state index contributed by atoms with van der Waals surface area (Å²) in [7, 11) is 0. The predicted octanol–water partition coefficient (Wildman–Crippen LogP) is 2.39. The molecule has 0 N–H and O–H groups in total. The first-order chi connectivity index (χ1) is 9.24. The van der Waals surface area contributed by atoms with Crippen molar-refractivity contribution in [2.24, 2.45) is 5.92 Å². The van der Waals surface area contributed by atoms with Crippen LogP contribution in [0.4, 0.5) is 0 Å². The van der Waals surface area contributed by atoms with E-state index in [1.165, 1.54) is 38.0 Å². The Balaban J connectivity index is 1.62. The first kappa shape index (κ1) is 13.1. The fourth-order valence-corrected chi connectivity index (χ4v) is 3.78. The number of pyridine rings is 1. The van der Waals surface area contributed by atoms with Crippen molar-refractivity contribution in [3.05, 3.63) is 30.1 Å². The number of likely N-dealkylation sites (tertiary alicyclic amines) is 2. The highest BCUT2D eigenvalue weighted by Crippen LogP contribution is 2.32. The number of rotatable bonds is 4. The lowest BCUT2D eigenvalue weighted by Crippen LogP contribution is -2.37. The van der Waals surface area contributed by atoms with Gasteiger partial charge in [-0.05, 0) is 30.4 Å². The summed E-state index contributed by atoms with van der Waals surface area (Å²) in [5.41, 5.74) is 1.35. The lowest BCUT2D eigenvalue weighted by atomic mass is 10.1. The van der Waals surface area contributed by atoms with Crippen molar-refractivity contribution in [3.8, 4) is 0 Å². The molecule has 2 atom stereocenters. The molecule has 0 aliphatic carbocycles. The van der Waals surface area contributed by atoms with Crippen LogP contribution in [0.2, 0.25) is 0 Å². The largest absolute Gasteiger partial charge is 0.298 e. The van der Waals surface area contributed by atoms with Crippen molar-refractivity contribution in [3.63, 3.8) is 0 Å². The molecule has 19 heavy (non-hydrogen) atoms. The van der Waals surface area contributed by atoms with E-state index in [2.05, 4.69) is 34.7 Å². The summed E-state index contributed by atoms with van der Waals surface area (Å²) in [4.78, 5) is 9.62. The summed E-state index contributed by atoms with van der Waals surface area (Å²) in [6, 6.07) is 5.82. The Morgan fingerprint density at radius 3 is 2.63 bits per heavy atom. The van der Waals surface area contributed by atoms with Crippen LogP contribution < -0.4 is 0 Å². The van der Waals surface area contributed by atoms with Gasteiger partial charge in [-0.1, -0.05) is 19.9 Å². The highest BCUT2D eigenvalue weighted by molar-refractivity contribution is 5.10. The molecule has 0 saturated carbocycles. The maximum absolute atomic E-state index is 4.23. The van der Waals surface area contributed by atoms with E-state index < -0.39 is 0 Å². The van der Waals surface area contributed by atoms with Gasteiger partial charge in [-0.3, -0.25) is 14.8 Å². The van der Waals surface area contributed by atoms with Gasteiger partial charge in [0, 0.05) is 50.7 Å². The molecule has 3 nitrogen and oxygen atoms in total. The summed E-state index contributed by atoms with van der Waals surface area (Å²) in [5.74, 6) is 0.783. The van der Waals surface area contributed by atoms with E-state index >= 15 is 0 Å². The Bertz CT molecular complexity index is 404. The van der Waals surface area contributed by atoms with Gasteiger partial charge in [0.25, 0.3) is 0 Å². The molecular formula is C16H25N3. The van der Waals surface area contributed by atoms with Gasteiger partial charge >= 0.3 is 0 Å². The number of hydrogen-bond donors (Lipinski definition) is 0. The van der Waals surface area contributed by atoms with Crippen LogP contribution in [0.3, 0.4) is 0 Å². The molecule has 2 saturated heterocycles. The first-order valence-electron chi connectivity index (χ1n) is 7.61. The molecule has 2 fully saturated rings. The van der Waals surface area contributed by atoms with Crippen LogP contribution in [0.15, 0.2) is 24.5 Å². The summed E-state index contributed by atoms with van der Waals surface area (Å²) >= 11 is 0. The van der Waals surface area contributed by atoms with Gasteiger partial charge in [0.1, 0.15) is 0 Å². The normalized spacial score (nSPS) is 28.2. The zero-order valence-corrected chi connectivity index (χ0v) is 12.1. The second kappa shape index (κ2) is 5.59. The van der Waals surface area contributed by atoms with E-state index in [1.54, 1.807) is 0 Å². The highest BCUT2D eigenvalue weighted by Gasteiger charge is 2.41. The Labute approximate surface area is 116 Å². The van der Waals surface area contributed by atoms with Crippen molar-refractivity contribution in [1.29, 1.82) is 0 Å². The molecule has 0 bridgehead atoms. The van der Waals surface area contributed by atoms with Gasteiger partial charge < -0.3 is 0 Å². The summed E-state index contributed by atoms with van der Waals surface area (Å²) in [5, 5.41) is 0. The molecule has 3 heterocycles. The Morgan fingerprint density at radius 1 is 1.21 bits per heavy atom. The van der Waals surface area contributed by atoms with E-state index in [4.69, 9.17) is 0 Å². The van der Waals surface area contributed by atoms with Crippen molar-refractivity contribution in [2.75, 3.05) is 19.6 Å². The summed E-state index contributed by atoms with van der Waals surface area (Å²) < 4.78 is 0. The van der Waals surface area contributed by atoms with E-state index in [0.29, 0.717) is 0 Å². The summed E-state index contributed by atoms with van der Waals surface area (Å²) in [6.45, 7) is 9.54. The number of nitrogens with zero attached hydrogens (tertiary/aromatic N) is 3. The Kier molecular flexibility index (Phi) is 3.85. The van der Waals surface area contributed by atoms with Crippen molar-refractivity contribution in [2.45, 2.75) is 45.3 Å². The van der Waals surface area contributed by atoms with Crippen LogP contribution in [-0.4, -0.2) is 46.5 Å². The van der Waals surface area contributed by atoms with Gasteiger partial charge in [-0.15, -0.1) is 0 Å². The third-order valence-electron chi connectivity index (χ3n) is 4.51. The van der Waals surface area contributed by atoms with Crippen LogP contribution >= 0.6 is 0 Å². The van der Waals surface area contributed by atoms with Crippen LogP contribution in [0.5, 0.6) is 0 Å². The zero-order valence-electron chi connectivity index (χ0n) is 12.1. The lowest BCUT2D eigenvalue weighted by Gasteiger charge is -2.26. The van der Waals surface area contributed by atoms with Crippen LogP contribution in [0.25, 0.3) is 0 Å². The predicted molar refractivity (Wildman–Crippen MR) is 77.9 cm³/mol. The zero-order chi connectivity index (χ0) is 13.2. The van der Waals surface area contributed by atoms with E-state index in [1.807, 2.05) is 18.5 Å². The Morgan fingerprint density at radius 2 is 1.95 bits per heavy atom. The minimum Gasteiger partial charge on any atom is -0.298 e. The van der Waals surface area contributed by atoms with Gasteiger partial charge in [-0.25, -0.2) is 0 Å². The van der Waals surface area contributed by atoms with Crippen molar-refractivity contribution < 1.29 is 0 Å². The van der Waals surface area contributed by atoms with Crippen LogP contribution in [-0.2, 0) is 6.54 Å². The van der Waals surface area contributed by atoms with Crippen molar-refractivity contribution in [1.82, 2.24) is 14.8 Å². The molecule has 2 aliphatic heterocycles. The molecule has 0 unspecified atom stereocenters. The second-order valence-corrected chi connectivity index (χ2v) is 6.43. The molecule has 0 radical (unpaired) electrons. The van der Waals surface area contributed by atoms with Crippen molar-refractivity contribution >= 4 is 0 Å². The molecular weight excluding hydrogens is 234 g/mol. The molecule has 0 aromatic carbocycles. The molecule has 0 spiro atoms. The molecule has 104 valence electrons. The Hall–Kier alpha value is -0.930. The smallest absolute Gasteiger partial charge is 0.0312 e. The van der Waals surface area contributed by atoms with Crippen LogP contribution in [0, 0.1) is 5.92 Å². The number of aromatic nitrogens is 1. The van der Waals surface area contributed by atoms with Gasteiger partial charge in [0.05, 0.1) is 0 Å². The standard InChI is InChI=1S/C16H25N3/c1-13(2)11-18-8-5-16-15(18)6-9-19(16)12-14-4-3-7-17-10-14/h3-4,7,10,13,15-16H,5-6,8-9,11-12H2,1-2H3/t15-,16+/m0/s1. The second-order valence-electron chi connectivity index (χ2n) is 6.43. The fraction of sp³-hybridized carbons (Fsp3) is 0.688. The summed E-state index contributed by atoms with van der Waals surface area (Å²) in [6.07, 6.45) is 6.56. The third-order valence-corrected chi connectivity index (χ3v) is 4.51. The molecule has 0 amide bonds. The van der Waals surface area contributed by atoms with Gasteiger partial charge in [0.2, 0.25) is 0 Å². The van der Waals surface area contributed by atoms with E-state index in [0.717, 1.165) is 24.5 Å². The van der Waals surface area contributed by atoms with Gasteiger partial charge in [-0.2, -0.15) is 0 Å². The topological polar surface area (TPSA) is 19.4 Å². The number of hydrogen-bond acceptors (Lipinski definition) is 3.